The number of ether oxygens (including phenoxy) is 2. The molecule has 1 amide bonds. The summed E-state index contributed by atoms with van der Waals surface area (Å²) in [4.78, 5) is 28.0. The maximum Gasteiger partial charge on any atom is 0.300 e. The van der Waals surface area contributed by atoms with E-state index in [-0.39, 0.29) is 16.7 Å². The number of benzene rings is 2. The molecule has 0 spiro atoms. The summed E-state index contributed by atoms with van der Waals surface area (Å²) in [7, 11) is 1.49. The van der Waals surface area contributed by atoms with Gasteiger partial charge in [0.2, 0.25) is 0 Å². The van der Waals surface area contributed by atoms with Gasteiger partial charge < -0.3 is 19.0 Å². The van der Waals surface area contributed by atoms with Crippen molar-refractivity contribution in [2.24, 2.45) is 0 Å². The van der Waals surface area contributed by atoms with Gasteiger partial charge in [0.15, 0.2) is 0 Å². The van der Waals surface area contributed by atoms with Gasteiger partial charge in [0.05, 0.1) is 31.2 Å². The number of furan rings is 1. The van der Waals surface area contributed by atoms with Gasteiger partial charge in [0.25, 0.3) is 11.7 Å². The number of rotatable bonds is 6. The highest BCUT2D eigenvalue weighted by Crippen LogP contribution is 2.45. The second kappa shape index (κ2) is 9.33. The number of aliphatic hydroxyl groups is 1. The highest BCUT2D eigenvalue weighted by molar-refractivity contribution is 6.51. The van der Waals surface area contributed by atoms with Gasteiger partial charge in [-0.25, -0.2) is 0 Å². The lowest BCUT2D eigenvalue weighted by Gasteiger charge is -2.25. The Hall–Kier alpha value is -4.00. The van der Waals surface area contributed by atoms with Crippen molar-refractivity contribution >= 4 is 23.1 Å². The lowest BCUT2D eigenvalue weighted by Crippen LogP contribution is -2.29. The predicted molar refractivity (Wildman–Crippen MR) is 133 cm³/mol. The Balaban J connectivity index is 1.93. The van der Waals surface area contributed by atoms with Gasteiger partial charge >= 0.3 is 0 Å². The van der Waals surface area contributed by atoms with E-state index in [1.165, 1.54) is 18.3 Å². The average molecular weight is 476 g/mol. The molecule has 0 saturated carbocycles. The number of nitrogens with zero attached hydrogens (tertiary/aromatic N) is 1. The van der Waals surface area contributed by atoms with Gasteiger partial charge in [0, 0.05) is 11.1 Å². The quantitative estimate of drug-likeness (QED) is 0.283. The number of anilines is 1. The molecule has 182 valence electrons. The van der Waals surface area contributed by atoms with Gasteiger partial charge in [0.1, 0.15) is 29.1 Å². The standard InChI is InChI=1S/C28H29NO6/c1-6-34-20-14-13-17(16-18(20)28(2,3)4)25(30)23-24(22-12-9-15-35-22)29(27(32)26(23)31)19-10-7-8-11-21(19)33-5/h7-16,24,30H,6H2,1-5H3/b25-23-. The van der Waals surface area contributed by atoms with E-state index in [4.69, 9.17) is 13.9 Å². The number of amides is 1. The van der Waals surface area contributed by atoms with E-state index in [0.717, 1.165) is 5.56 Å². The monoisotopic (exact) mass is 475 g/mol. The maximum atomic E-state index is 13.3. The zero-order valence-corrected chi connectivity index (χ0v) is 20.5. The fraction of sp³-hybridized carbons (Fsp3) is 0.286. The third kappa shape index (κ3) is 4.30. The molecule has 1 aliphatic heterocycles. The van der Waals surface area contributed by atoms with Gasteiger partial charge in [-0.3, -0.25) is 14.5 Å². The smallest absolute Gasteiger partial charge is 0.300 e. The molecule has 2 aromatic carbocycles. The number of Topliss-reactive ketones (excluding diaryl/α,β-unsaturated/α-hetero) is 1. The zero-order valence-electron chi connectivity index (χ0n) is 20.5. The number of aliphatic hydroxyl groups excluding tert-OH is 1. The number of carbonyl (C=O) groups is 2. The largest absolute Gasteiger partial charge is 0.507 e. The first-order chi connectivity index (χ1) is 16.7. The van der Waals surface area contributed by atoms with Crippen LogP contribution >= 0.6 is 0 Å². The van der Waals surface area contributed by atoms with Gasteiger partial charge in [-0.1, -0.05) is 32.9 Å². The zero-order chi connectivity index (χ0) is 25.3. The highest BCUT2D eigenvalue weighted by Gasteiger charge is 2.49. The fourth-order valence-electron chi connectivity index (χ4n) is 4.33. The van der Waals surface area contributed by atoms with Gasteiger partial charge in [-0.05, 0) is 54.8 Å². The fourth-order valence-corrected chi connectivity index (χ4v) is 4.33. The Morgan fingerprint density at radius 2 is 1.80 bits per heavy atom. The van der Waals surface area contributed by atoms with E-state index < -0.39 is 17.7 Å². The molecule has 1 saturated heterocycles. The van der Waals surface area contributed by atoms with E-state index in [2.05, 4.69) is 0 Å². The lowest BCUT2D eigenvalue weighted by molar-refractivity contribution is -0.132. The van der Waals surface area contributed by atoms with Crippen LogP contribution in [-0.4, -0.2) is 30.5 Å². The van der Waals surface area contributed by atoms with Crippen LogP contribution in [0.5, 0.6) is 11.5 Å². The first-order valence-corrected chi connectivity index (χ1v) is 11.4. The average Bonchev–Trinajstić information content (AvgIpc) is 3.45. The summed E-state index contributed by atoms with van der Waals surface area (Å²) in [6, 6.07) is 14.6. The van der Waals surface area contributed by atoms with E-state index >= 15 is 0 Å². The van der Waals surface area contributed by atoms with Crippen molar-refractivity contribution in [2.75, 3.05) is 18.6 Å². The first-order valence-electron chi connectivity index (χ1n) is 11.4. The summed E-state index contributed by atoms with van der Waals surface area (Å²) in [6.07, 6.45) is 1.46. The molecule has 3 aromatic rings. The number of carbonyl (C=O) groups excluding carboxylic acids is 2. The molecule has 7 heteroatoms. The Morgan fingerprint density at radius 3 is 2.43 bits per heavy atom. The topological polar surface area (TPSA) is 89.2 Å². The molecule has 4 rings (SSSR count). The normalized spacial score (nSPS) is 17.6. The Kier molecular flexibility index (Phi) is 6.43. The number of hydrogen-bond donors (Lipinski definition) is 1. The second-order valence-corrected chi connectivity index (χ2v) is 9.25. The number of hydrogen-bond acceptors (Lipinski definition) is 6. The molecule has 0 bridgehead atoms. The molecule has 0 aliphatic carbocycles. The molecular formula is C28H29NO6. The Labute approximate surface area is 204 Å². The van der Waals surface area contributed by atoms with Crippen LogP contribution in [0.3, 0.4) is 0 Å². The molecule has 1 aliphatic rings. The van der Waals surface area contributed by atoms with E-state index in [9.17, 15) is 14.7 Å². The molecule has 1 atom stereocenters. The van der Waals surface area contributed by atoms with Crippen LogP contribution in [0.15, 0.2) is 70.9 Å². The van der Waals surface area contributed by atoms with Crippen LogP contribution in [0.2, 0.25) is 0 Å². The first kappa shape index (κ1) is 24.1. The van der Waals surface area contributed by atoms with Crippen molar-refractivity contribution in [1.29, 1.82) is 0 Å². The van der Waals surface area contributed by atoms with Crippen molar-refractivity contribution in [3.05, 3.63) is 83.3 Å². The summed E-state index contributed by atoms with van der Waals surface area (Å²) in [5, 5.41) is 11.4. The molecule has 1 fully saturated rings. The van der Waals surface area contributed by atoms with Crippen LogP contribution in [0, 0.1) is 0 Å². The summed E-state index contributed by atoms with van der Waals surface area (Å²) >= 11 is 0. The van der Waals surface area contributed by atoms with Crippen molar-refractivity contribution in [2.45, 2.75) is 39.2 Å². The predicted octanol–water partition coefficient (Wildman–Crippen LogP) is 5.61. The molecule has 7 nitrogen and oxygen atoms in total. The molecule has 1 N–H and O–H groups in total. The summed E-state index contributed by atoms with van der Waals surface area (Å²) < 4.78 is 16.9. The third-order valence-corrected chi connectivity index (χ3v) is 5.96. The molecule has 1 aromatic heterocycles. The lowest BCUT2D eigenvalue weighted by atomic mass is 9.84. The second-order valence-electron chi connectivity index (χ2n) is 9.25. The van der Waals surface area contributed by atoms with E-state index in [0.29, 0.717) is 35.1 Å². The maximum absolute atomic E-state index is 13.3. The van der Waals surface area contributed by atoms with Crippen LogP contribution in [0.25, 0.3) is 5.76 Å². The van der Waals surface area contributed by atoms with Crippen molar-refractivity contribution in [3.8, 4) is 11.5 Å². The van der Waals surface area contributed by atoms with Crippen LogP contribution in [0.1, 0.15) is 50.6 Å². The van der Waals surface area contributed by atoms with E-state index in [1.807, 2.05) is 27.7 Å². The Morgan fingerprint density at radius 1 is 1.06 bits per heavy atom. The summed E-state index contributed by atoms with van der Waals surface area (Å²) in [5.41, 5.74) is 1.34. The third-order valence-electron chi connectivity index (χ3n) is 5.96. The molecular weight excluding hydrogens is 446 g/mol. The van der Waals surface area contributed by atoms with Crippen molar-refractivity contribution < 1.29 is 28.6 Å². The minimum Gasteiger partial charge on any atom is -0.507 e. The summed E-state index contributed by atoms with van der Waals surface area (Å²) in [6.45, 7) is 8.52. The van der Waals surface area contributed by atoms with Crippen molar-refractivity contribution in [1.82, 2.24) is 0 Å². The molecule has 0 radical (unpaired) electrons. The van der Waals surface area contributed by atoms with Crippen molar-refractivity contribution in [3.63, 3.8) is 0 Å². The van der Waals surface area contributed by atoms with Gasteiger partial charge in [-0.2, -0.15) is 0 Å². The van der Waals surface area contributed by atoms with Crippen LogP contribution in [-0.2, 0) is 15.0 Å². The minimum atomic E-state index is -0.967. The minimum absolute atomic E-state index is 0.0557. The van der Waals surface area contributed by atoms with E-state index in [1.54, 1.807) is 54.6 Å². The molecule has 35 heavy (non-hydrogen) atoms. The molecule has 2 heterocycles. The molecule has 1 unspecified atom stereocenters. The van der Waals surface area contributed by atoms with Crippen LogP contribution < -0.4 is 14.4 Å². The SMILES string of the molecule is CCOc1ccc(/C(O)=C2/C(=O)C(=O)N(c3ccccc3OC)C2c2ccco2)cc1C(C)(C)C. The number of methoxy groups -OCH3 is 1. The highest BCUT2D eigenvalue weighted by atomic mass is 16.5. The number of para-hydroxylation sites is 2. The summed E-state index contributed by atoms with van der Waals surface area (Å²) in [5.74, 6) is -0.398. The Bertz CT molecular complexity index is 1280. The van der Waals surface area contributed by atoms with Crippen LogP contribution in [0.4, 0.5) is 5.69 Å². The van der Waals surface area contributed by atoms with Gasteiger partial charge in [-0.15, -0.1) is 0 Å². The number of ketones is 1.